The Kier molecular flexibility index (Phi) is 8.13. The highest BCUT2D eigenvalue weighted by Gasteiger charge is 1.98. The molecule has 1 aromatic rings. The smallest absolute Gasteiger partial charge is 0.0587 e. The van der Waals surface area contributed by atoms with Crippen LogP contribution in [0.1, 0.15) is 18.9 Å². The molecule has 17 heavy (non-hydrogen) atoms. The van der Waals surface area contributed by atoms with E-state index in [0.29, 0.717) is 0 Å². The van der Waals surface area contributed by atoms with Crippen molar-refractivity contribution >= 4 is 11.8 Å². The van der Waals surface area contributed by atoms with Gasteiger partial charge in [-0.3, -0.25) is 4.68 Å². The number of nitrogens with one attached hydrogen (secondary N) is 1. The molecule has 0 amide bonds. The molecule has 0 unspecified atom stereocenters. The summed E-state index contributed by atoms with van der Waals surface area (Å²) in [6, 6.07) is 0. The van der Waals surface area contributed by atoms with Gasteiger partial charge in [-0.1, -0.05) is 6.92 Å². The van der Waals surface area contributed by atoms with E-state index in [9.17, 15) is 0 Å². The first-order chi connectivity index (χ1) is 8.36. The fourth-order valence-corrected chi connectivity index (χ4v) is 2.12. The molecule has 1 N–H and O–H groups in total. The fraction of sp³-hybridized carbons (Fsp3) is 0.750. The van der Waals surface area contributed by atoms with E-state index in [4.69, 9.17) is 4.74 Å². The van der Waals surface area contributed by atoms with E-state index in [1.807, 2.05) is 22.6 Å². The molecule has 0 bridgehead atoms. The minimum absolute atomic E-state index is 0.752. The first-order valence-corrected chi connectivity index (χ1v) is 7.31. The lowest BCUT2D eigenvalue weighted by Gasteiger charge is -2.01. The summed E-state index contributed by atoms with van der Waals surface area (Å²) >= 11 is 1.99. The molecule has 0 radical (unpaired) electrons. The number of aryl methyl sites for hydroxylation is 1. The van der Waals surface area contributed by atoms with Crippen LogP contribution < -0.4 is 5.32 Å². The first-order valence-electron chi connectivity index (χ1n) is 6.15. The predicted octanol–water partition coefficient (Wildman–Crippen LogP) is 1.76. The third kappa shape index (κ3) is 6.71. The van der Waals surface area contributed by atoms with Crippen LogP contribution in [0, 0.1) is 0 Å². The van der Waals surface area contributed by atoms with Crippen molar-refractivity contribution in [1.29, 1.82) is 0 Å². The van der Waals surface area contributed by atoms with Crippen molar-refractivity contribution in [3.05, 3.63) is 18.0 Å². The number of hydrogen-bond acceptors (Lipinski definition) is 4. The lowest BCUT2D eigenvalue weighted by molar-refractivity contribution is 0.199. The maximum absolute atomic E-state index is 4.98. The molecule has 0 spiro atoms. The zero-order valence-corrected chi connectivity index (χ0v) is 11.6. The third-order valence-corrected chi connectivity index (χ3v) is 3.36. The van der Waals surface area contributed by atoms with Gasteiger partial charge in [0.1, 0.15) is 0 Å². The monoisotopic (exact) mass is 257 g/mol. The van der Waals surface area contributed by atoms with Crippen LogP contribution in [0.25, 0.3) is 0 Å². The molecule has 0 aliphatic heterocycles. The second-order valence-corrected chi connectivity index (χ2v) is 5.23. The topological polar surface area (TPSA) is 39.1 Å². The largest absolute Gasteiger partial charge is 0.383 e. The van der Waals surface area contributed by atoms with Crippen molar-refractivity contribution < 1.29 is 4.74 Å². The van der Waals surface area contributed by atoms with Crippen LogP contribution in [0.15, 0.2) is 12.4 Å². The van der Waals surface area contributed by atoms with Crippen LogP contribution >= 0.6 is 11.8 Å². The van der Waals surface area contributed by atoms with Crippen molar-refractivity contribution in [2.24, 2.45) is 0 Å². The molecule has 0 atom stereocenters. The normalized spacial score (nSPS) is 10.9. The fourth-order valence-electron chi connectivity index (χ4n) is 1.50. The summed E-state index contributed by atoms with van der Waals surface area (Å²) in [6.45, 7) is 5.72. The summed E-state index contributed by atoms with van der Waals surface area (Å²) in [5, 5.41) is 7.66. The Hall–Kier alpha value is -0.520. The van der Waals surface area contributed by atoms with Gasteiger partial charge in [-0.15, -0.1) is 0 Å². The second-order valence-electron chi connectivity index (χ2n) is 3.83. The maximum atomic E-state index is 4.98. The van der Waals surface area contributed by atoms with Gasteiger partial charge in [-0.05, 0) is 17.9 Å². The van der Waals surface area contributed by atoms with Crippen LogP contribution in [0.2, 0.25) is 0 Å². The first kappa shape index (κ1) is 14.5. The molecule has 0 aromatic carbocycles. The van der Waals surface area contributed by atoms with Gasteiger partial charge in [0.05, 0.1) is 12.8 Å². The number of methoxy groups -OCH3 is 1. The molecule has 0 fully saturated rings. The van der Waals surface area contributed by atoms with Crippen molar-refractivity contribution in [1.82, 2.24) is 15.1 Å². The van der Waals surface area contributed by atoms with Crippen molar-refractivity contribution in [2.45, 2.75) is 26.4 Å². The minimum atomic E-state index is 0.752. The van der Waals surface area contributed by atoms with E-state index < -0.39 is 0 Å². The number of thioether (sulfide) groups is 1. The molecule has 5 heteroatoms. The van der Waals surface area contributed by atoms with Gasteiger partial charge >= 0.3 is 0 Å². The quantitative estimate of drug-likeness (QED) is 0.648. The van der Waals surface area contributed by atoms with E-state index in [1.165, 1.54) is 23.5 Å². The second kappa shape index (κ2) is 9.50. The molecule has 1 heterocycles. The summed E-state index contributed by atoms with van der Waals surface area (Å²) in [5.41, 5.74) is 1.24. The molecule has 1 aromatic heterocycles. The highest BCUT2D eigenvalue weighted by molar-refractivity contribution is 7.99. The predicted molar refractivity (Wildman–Crippen MR) is 73.4 cm³/mol. The summed E-state index contributed by atoms with van der Waals surface area (Å²) in [4.78, 5) is 0. The van der Waals surface area contributed by atoms with Crippen LogP contribution in [0.3, 0.4) is 0 Å². The summed E-state index contributed by atoms with van der Waals surface area (Å²) in [7, 11) is 1.72. The average Bonchev–Trinajstić information content (AvgIpc) is 2.78. The van der Waals surface area contributed by atoms with E-state index in [2.05, 4.69) is 23.5 Å². The Morgan fingerprint density at radius 3 is 3.18 bits per heavy atom. The van der Waals surface area contributed by atoms with Gasteiger partial charge in [0, 0.05) is 38.5 Å². The number of ether oxygens (including phenoxy) is 1. The molecule has 0 saturated carbocycles. The summed E-state index contributed by atoms with van der Waals surface area (Å²) in [5.74, 6) is 2.42. The Labute approximate surface area is 108 Å². The van der Waals surface area contributed by atoms with Crippen LogP contribution in [0.5, 0.6) is 0 Å². The average molecular weight is 257 g/mol. The number of hydrogen-bond donors (Lipinski definition) is 1. The SMILES string of the molecule is CCSCCCn1cc(CNCCOC)cn1. The lowest BCUT2D eigenvalue weighted by atomic mass is 10.3. The molecule has 0 saturated heterocycles. The van der Waals surface area contributed by atoms with E-state index in [-0.39, 0.29) is 0 Å². The molecule has 0 aliphatic rings. The summed E-state index contributed by atoms with van der Waals surface area (Å²) in [6.07, 6.45) is 5.25. The number of nitrogens with zero attached hydrogens (tertiary/aromatic N) is 2. The van der Waals surface area contributed by atoms with Gasteiger partial charge in [-0.25, -0.2) is 0 Å². The van der Waals surface area contributed by atoms with Gasteiger partial charge in [0.2, 0.25) is 0 Å². The molecule has 4 nitrogen and oxygen atoms in total. The number of aromatic nitrogens is 2. The van der Waals surface area contributed by atoms with Crippen LogP contribution in [0.4, 0.5) is 0 Å². The third-order valence-electron chi connectivity index (χ3n) is 2.38. The lowest BCUT2D eigenvalue weighted by Crippen LogP contribution is -2.18. The van der Waals surface area contributed by atoms with Gasteiger partial charge in [-0.2, -0.15) is 16.9 Å². The molecular formula is C12H23N3OS. The standard InChI is InChI=1S/C12H23N3OS/c1-3-17-8-4-6-15-11-12(10-14-15)9-13-5-7-16-2/h10-11,13H,3-9H2,1-2H3. The maximum Gasteiger partial charge on any atom is 0.0587 e. The highest BCUT2D eigenvalue weighted by Crippen LogP contribution is 2.03. The highest BCUT2D eigenvalue weighted by atomic mass is 32.2. The van der Waals surface area contributed by atoms with Crippen molar-refractivity contribution in [2.75, 3.05) is 31.8 Å². The van der Waals surface area contributed by atoms with E-state index in [1.54, 1.807) is 7.11 Å². The minimum Gasteiger partial charge on any atom is -0.383 e. The van der Waals surface area contributed by atoms with Gasteiger partial charge in [0.15, 0.2) is 0 Å². The van der Waals surface area contributed by atoms with E-state index in [0.717, 1.165) is 26.2 Å². The molecule has 98 valence electrons. The zero-order chi connectivity index (χ0) is 12.3. The summed E-state index contributed by atoms with van der Waals surface area (Å²) < 4.78 is 7.01. The van der Waals surface area contributed by atoms with Gasteiger partial charge in [0.25, 0.3) is 0 Å². The van der Waals surface area contributed by atoms with E-state index >= 15 is 0 Å². The van der Waals surface area contributed by atoms with Gasteiger partial charge < -0.3 is 10.1 Å². The number of rotatable bonds is 10. The van der Waals surface area contributed by atoms with Crippen LogP contribution in [-0.2, 0) is 17.8 Å². The molecule has 1 rings (SSSR count). The molecule has 0 aliphatic carbocycles. The Balaban J connectivity index is 2.14. The van der Waals surface area contributed by atoms with Crippen molar-refractivity contribution in [3.8, 4) is 0 Å². The Morgan fingerprint density at radius 2 is 2.41 bits per heavy atom. The Morgan fingerprint density at radius 1 is 1.53 bits per heavy atom. The zero-order valence-electron chi connectivity index (χ0n) is 10.8. The van der Waals surface area contributed by atoms with Crippen molar-refractivity contribution in [3.63, 3.8) is 0 Å². The van der Waals surface area contributed by atoms with Crippen LogP contribution in [-0.4, -0.2) is 41.5 Å². The Bertz CT molecular complexity index is 265. The molecular weight excluding hydrogens is 234 g/mol.